The van der Waals surface area contributed by atoms with Gasteiger partial charge in [0.15, 0.2) is 18.1 Å². The van der Waals surface area contributed by atoms with Gasteiger partial charge in [-0.25, -0.2) is 0 Å². The van der Waals surface area contributed by atoms with Gasteiger partial charge in [0.05, 0.1) is 7.11 Å². The third kappa shape index (κ3) is 7.60. The number of hydrogen-bond acceptors (Lipinski definition) is 4. The highest BCUT2D eigenvalue weighted by Crippen LogP contribution is 2.26. The van der Waals surface area contributed by atoms with Gasteiger partial charge < -0.3 is 19.7 Å². The number of carbonyl (C=O) groups is 2. The third-order valence-electron chi connectivity index (χ3n) is 6.12. The van der Waals surface area contributed by atoms with Crippen LogP contribution in [0.15, 0.2) is 78.9 Å². The van der Waals surface area contributed by atoms with Crippen molar-refractivity contribution in [2.24, 2.45) is 0 Å². The first-order valence-corrected chi connectivity index (χ1v) is 12.4. The first-order chi connectivity index (χ1) is 17.5. The van der Waals surface area contributed by atoms with Crippen LogP contribution in [-0.2, 0) is 22.6 Å². The summed E-state index contributed by atoms with van der Waals surface area (Å²) in [5.41, 5.74) is 3.04. The van der Waals surface area contributed by atoms with Gasteiger partial charge in [0, 0.05) is 19.5 Å². The monoisotopic (exact) mass is 488 g/mol. The number of carbonyl (C=O) groups excluding carboxylic acids is 2. The number of methoxy groups -OCH3 is 1. The fraction of sp³-hybridized carbons (Fsp3) is 0.333. The zero-order valence-electron chi connectivity index (χ0n) is 21.4. The molecule has 6 heteroatoms. The van der Waals surface area contributed by atoms with Crippen LogP contribution in [0.25, 0.3) is 0 Å². The number of nitrogens with zero attached hydrogens (tertiary/aromatic N) is 1. The molecule has 0 spiro atoms. The zero-order valence-corrected chi connectivity index (χ0v) is 21.4. The smallest absolute Gasteiger partial charge is 0.261 e. The maximum absolute atomic E-state index is 13.7. The molecule has 0 aliphatic heterocycles. The summed E-state index contributed by atoms with van der Waals surface area (Å²) in [5, 5.41) is 3.04. The van der Waals surface area contributed by atoms with Gasteiger partial charge in [-0.1, -0.05) is 80.1 Å². The molecule has 0 fully saturated rings. The molecule has 0 radical (unpaired) electrons. The zero-order chi connectivity index (χ0) is 25.8. The number of hydrogen-bond donors (Lipinski definition) is 1. The van der Waals surface area contributed by atoms with Crippen molar-refractivity contribution < 1.29 is 19.1 Å². The summed E-state index contributed by atoms with van der Waals surface area (Å²) in [6.45, 7) is 4.76. The van der Waals surface area contributed by atoms with Crippen LogP contribution in [-0.4, -0.2) is 43.0 Å². The van der Waals surface area contributed by atoms with Crippen molar-refractivity contribution in [2.75, 3.05) is 20.3 Å². The standard InChI is InChI=1S/C30H36N2O4/c1-4-5-19-31-30(34)26(20-24-14-7-6-8-15-24)32(21-25-16-10-9-13-23(25)2)29(33)22-36-28-18-12-11-17-27(28)35-3/h6-18,26H,4-5,19-22H2,1-3H3,(H,31,34)/t26-/m1/s1. The lowest BCUT2D eigenvalue weighted by molar-refractivity contribution is -0.142. The van der Waals surface area contributed by atoms with Crippen LogP contribution in [0.2, 0.25) is 0 Å². The minimum Gasteiger partial charge on any atom is -0.493 e. The quantitative estimate of drug-likeness (QED) is 0.346. The van der Waals surface area contributed by atoms with Gasteiger partial charge in [-0.2, -0.15) is 0 Å². The van der Waals surface area contributed by atoms with Crippen molar-refractivity contribution in [3.8, 4) is 11.5 Å². The molecule has 0 saturated carbocycles. The van der Waals surface area contributed by atoms with Crippen LogP contribution < -0.4 is 14.8 Å². The molecule has 3 rings (SSSR count). The van der Waals surface area contributed by atoms with E-state index in [2.05, 4.69) is 12.2 Å². The molecule has 0 unspecified atom stereocenters. The molecule has 0 heterocycles. The van der Waals surface area contributed by atoms with Gasteiger partial charge in [0.2, 0.25) is 5.91 Å². The second kappa shape index (κ2) is 13.9. The van der Waals surface area contributed by atoms with E-state index >= 15 is 0 Å². The number of para-hydroxylation sites is 2. The van der Waals surface area contributed by atoms with E-state index < -0.39 is 6.04 Å². The Labute approximate surface area is 214 Å². The van der Waals surface area contributed by atoms with Gasteiger partial charge in [-0.15, -0.1) is 0 Å². The number of amides is 2. The maximum Gasteiger partial charge on any atom is 0.261 e. The van der Waals surface area contributed by atoms with Crippen molar-refractivity contribution in [2.45, 2.75) is 45.7 Å². The molecule has 0 aliphatic rings. The average molecular weight is 489 g/mol. The van der Waals surface area contributed by atoms with Crippen molar-refractivity contribution in [3.05, 3.63) is 95.6 Å². The number of aryl methyl sites for hydroxylation is 1. The van der Waals surface area contributed by atoms with Crippen LogP contribution >= 0.6 is 0 Å². The van der Waals surface area contributed by atoms with Crippen LogP contribution in [0.4, 0.5) is 0 Å². The molecular weight excluding hydrogens is 452 g/mol. The van der Waals surface area contributed by atoms with E-state index in [1.807, 2.05) is 73.7 Å². The Balaban J connectivity index is 1.91. The molecule has 3 aromatic carbocycles. The summed E-state index contributed by atoms with van der Waals surface area (Å²) in [7, 11) is 1.56. The minimum absolute atomic E-state index is 0.161. The molecule has 3 aromatic rings. The molecule has 0 aromatic heterocycles. The number of unbranched alkanes of at least 4 members (excludes halogenated alkanes) is 1. The Kier molecular flexibility index (Phi) is 10.4. The highest BCUT2D eigenvalue weighted by atomic mass is 16.5. The van der Waals surface area contributed by atoms with Crippen molar-refractivity contribution in [1.82, 2.24) is 10.2 Å². The van der Waals surface area contributed by atoms with Crippen LogP contribution in [0, 0.1) is 6.92 Å². The molecule has 1 N–H and O–H groups in total. The van der Waals surface area contributed by atoms with Crippen molar-refractivity contribution >= 4 is 11.8 Å². The Morgan fingerprint density at radius 1 is 0.917 bits per heavy atom. The Morgan fingerprint density at radius 2 is 1.58 bits per heavy atom. The number of nitrogens with one attached hydrogen (secondary N) is 1. The van der Waals surface area contributed by atoms with E-state index in [9.17, 15) is 9.59 Å². The Hall–Kier alpha value is -3.80. The molecule has 0 aliphatic carbocycles. The molecule has 190 valence electrons. The number of benzene rings is 3. The lowest BCUT2D eigenvalue weighted by Crippen LogP contribution is -2.52. The van der Waals surface area contributed by atoms with Crippen LogP contribution in [0.1, 0.15) is 36.5 Å². The second-order valence-corrected chi connectivity index (χ2v) is 8.74. The third-order valence-corrected chi connectivity index (χ3v) is 6.12. The predicted molar refractivity (Wildman–Crippen MR) is 142 cm³/mol. The van der Waals surface area contributed by atoms with E-state index in [0.717, 1.165) is 29.5 Å². The van der Waals surface area contributed by atoms with Crippen molar-refractivity contribution in [3.63, 3.8) is 0 Å². The largest absolute Gasteiger partial charge is 0.493 e. The van der Waals surface area contributed by atoms with Crippen molar-refractivity contribution in [1.29, 1.82) is 0 Å². The summed E-state index contributed by atoms with van der Waals surface area (Å²) >= 11 is 0. The lowest BCUT2D eigenvalue weighted by Gasteiger charge is -2.32. The summed E-state index contributed by atoms with van der Waals surface area (Å²) in [5.74, 6) is 0.604. The SMILES string of the molecule is CCCCNC(=O)[C@@H](Cc1ccccc1)N(Cc1ccccc1C)C(=O)COc1ccccc1OC. The summed E-state index contributed by atoms with van der Waals surface area (Å²) in [6.07, 6.45) is 2.26. The topological polar surface area (TPSA) is 67.9 Å². The van der Waals surface area contributed by atoms with Crippen LogP contribution in [0.3, 0.4) is 0 Å². The first-order valence-electron chi connectivity index (χ1n) is 12.4. The maximum atomic E-state index is 13.7. The van der Waals surface area contributed by atoms with E-state index in [0.29, 0.717) is 31.0 Å². The Morgan fingerprint density at radius 3 is 2.28 bits per heavy atom. The van der Waals surface area contributed by atoms with E-state index in [1.165, 1.54) is 0 Å². The van der Waals surface area contributed by atoms with E-state index in [1.54, 1.807) is 24.1 Å². The molecule has 36 heavy (non-hydrogen) atoms. The summed E-state index contributed by atoms with van der Waals surface area (Å²) < 4.78 is 11.2. The van der Waals surface area contributed by atoms with E-state index in [4.69, 9.17) is 9.47 Å². The molecule has 2 amide bonds. The highest BCUT2D eigenvalue weighted by molar-refractivity contribution is 5.88. The molecule has 0 bridgehead atoms. The number of rotatable bonds is 13. The second-order valence-electron chi connectivity index (χ2n) is 8.74. The average Bonchev–Trinajstić information content (AvgIpc) is 2.91. The first kappa shape index (κ1) is 26.8. The fourth-order valence-electron chi connectivity index (χ4n) is 3.99. The minimum atomic E-state index is -0.683. The van der Waals surface area contributed by atoms with Gasteiger partial charge in [-0.05, 0) is 42.2 Å². The summed E-state index contributed by atoms with van der Waals surface area (Å²) in [6, 6.07) is 24.2. The molecule has 0 saturated heterocycles. The molecular formula is C30H36N2O4. The van der Waals surface area contributed by atoms with E-state index in [-0.39, 0.29) is 18.4 Å². The fourth-order valence-corrected chi connectivity index (χ4v) is 3.99. The highest BCUT2D eigenvalue weighted by Gasteiger charge is 2.31. The molecule has 1 atom stereocenters. The normalized spacial score (nSPS) is 11.4. The predicted octanol–water partition coefficient (Wildman–Crippen LogP) is 4.94. The van der Waals surface area contributed by atoms with Gasteiger partial charge >= 0.3 is 0 Å². The number of ether oxygens (including phenoxy) is 2. The molecule has 6 nitrogen and oxygen atoms in total. The van der Waals surface area contributed by atoms with Gasteiger partial charge in [-0.3, -0.25) is 9.59 Å². The summed E-state index contributed by atoms with van der Waals surface area (Å²) in [4.78, 5) is 28.8. The van der Waals surface area contributed by atoms with Gasteiger partial charge in [0.25, 0.3) is 5.91 Å². The Bertz CT molecular complexity index is 1120. The van der Waals surface area contributed by atoms with Gasteiger partial charge in [0.1, 0.15) is 6.04 Å². The van der Waals surface area contributed by atoms with Crippen LogP contribution in [0.5, 0.6) is 11.5 Å². The lowest BCUT2D eigenvalue weighted by atomic mass is 10.0.